The first-order valence-electron chi connectivity index (χ1n) is 10.5. The van der Waals surface area contributed by atoms with Gasteiger partial charge in [0.25, 0.3) is 0 Å². The number of sulfone groups is 1. The van der Waals surface area contributed by atoms with Crippen LogP contribution in [0.1, 0.15) is 11.3 Å². The molecule has 0 bridgehead atoms. The molecule has 36 heavy (non-hydrogen) atoms. The van der Waals surface area contributed by atoms with Crippen LogP contribution in [-0.4, -0.2) is 62.1 Å². The van der Waals surface area contributed by atoms with Crippen LogP contribution in [-0.2, 0) is 42.3 Å². The fourth-order valence-corrected chi connectivity index (χ4v) is 5.59. The highest BCUT2D eigenvalue weighted by Crippen LogP contribution is 2.16. The molecule has 1 amide bonds. The first-order valence-corrected chi connectivity index (χ1v) is 14.0. The summed E-state index contributed by atoms with van der Waals surface area (Å²) in [6.45, 7) is 0.00241. The summed E-state index contributed by atoms with van der Waals surface area (Å²) in [4.78, 5) is 30.3. The molecule has 0 saturated heterocycles. The summed E-state index contributed by atoms with van der Waals surface area (Å²) in [5.41, 5.74) is 0.919. The van der Waals surface area contributed by atoms with Gasteiger partial charge in [0.2, 0.25) is 15.9 Å². The molecule has 1 heterocycles. The van der Waals surface area contributed by atoms with E-state index < -0.39 is 43.5 Å². The standard InChI is InChI=1S/C22H23ClN4O7S2/c23-16-4-6-18(7-5-16)36(33,34)26-9-8-15-2-1-3-19(10-15)35(31,32)13-21(28)27-20(22(29)30)11-17-12-24-14-25-17/h1-7,10,12,14,20,26H,8-9,11,13H2,(H,24,25)(H,27,28)(H,29,30)/t20-/m0/s1. The lowest BCUT2D eigenvalue weighted by molar-refractivity contribution is -0.141. The number of carboxylic acids is 1. The van der Waals surface area contributed by atoms with Gasteiger partial charge in [-0.15, -0.1) is 0 Å². The van der Waals surface area contributed by atoms with Crippen LogP contribution in [0.15, 0.2) is 70.8 Å². The van der Waals surface area contributed by atoms with Crippen molar-refractivity contribution in [3.8, 4) is 0 Å². The quantitative estimate of drug-likeness (QED) is 0.258. The summed E-state index contributed by atoms with van der Waals surface area (Å²) in [7, 11) is -7.87. The Bertz CT molecular complexity index is 1430. The van der Waals surface area contributed by atoms with Crippen molar-refractivity contribution in [2.75, 3.05) is 12.3 Å². The number of H-pyrrole nitrogens is 1. The SMILES string of the molecule is O=C(CS(=O)(=O)c1cccc(CCNS(=O)(=O)c2ccc(Cl)cc2)c1)N[C@@H](Cc1c[nH]cn1)C(=O)O. The van der Waals surface area contributed by atoms with Gasteiger partial charge in [-0.3, -0.25) is 4.79 Å². The van der Waals surface area contributed by atoms with Crippen LogP contribution in [0.5, 0.6) is 0 Å². The molecule has 3 rings (SSSR count). The normalized spacial score (nSPS) is 12.7. The van der Waals surface area contributed by atoms with Crippen LogP contribution in [0.4, 0.5) is 0 Å². The Morgan fingerprint density at radius 1 is 1.06 bits per heavy atom. The van der Waals surface area contributed by atoms with Gasteiger partial charge >= 0.3 is 5.97 Å². The molecule has 0 unspecified atom stereocenters. The van der Waals surface area contributed by atoms with Crippen LogP contribution in [0.3, 0.4) is 0 Å². The number of sulfonamides is 1. The number of nitrogens with zero attached hydrogens (tertiary/aromatic N) is 1. The Hall–Kier alpha value is -3.26. The maximum atomic E-state index is 12.8. The Morgan fingerprint density at radius 3 is 2.42 bits per heavy atom. The van der Waals surface area contributed by atoms with E-state index in [-0.39, 0.29) is 29.2 Å². The zero-order chi connectivity index (χ0) is 26.3. The molecule has 0 radical (unpaired) electrons. The third-order valence-electron chi connectivity index (χ3n) is 5.01. The smallest absolute Gasteiger partial charge is 0.326 e. The number of imidazole rings is 1. The monoisotopic (exact) mass is 554 g/mol. The predicted octanol–water partition coefficient (Wildman–Crippen LogP) is 1.17. The van der Waals surface area contributed by atoms with Gasteiger partial charge in [-0.2, -0.15) is 0 Å². The largest absolute Gasteiger partial charge is 0.480 e. The third kappa shape index (κ3) is 7.62. The van der Waals surface area contributed by atoms with Gasteiger partial charge in [0.1, 0.15) is 11.8 Å². The molecule has 0 aliphatic rings. The number of benzene rings is 2. The predicted molar refractivity (Wildman–Crippen MR) is 131 cm³/mol. The maximum Gasteiger partial charge on any atom is 0.326 e. The second-order valence-corrected chi connectivity index (χ2v) is 11.9. The summed E-state index contributed by atoms with van der Waals surface area (Å²) < 4.78 is 52.7. The van der Waals surface area contributed by atoms with E-state index in [4.69, 9.17) is 11.6 Å². The Kier molecular flexibility index (Phi) is 8.84. The van der Waals surface area contributed by atoms with Crippen molar-refractivity contribution in [2.24, 2.45) is 0 Å². The molecule has 2 aromatic carbocycles. The van der Waals surface area contributed by atoms with Crippen molar-refractivity contribution in [3.63, 3.8) is 0 Å². The van der Waals surface area contributed by atoms with Crippen LogP contribution in [0, 0.1) is 0 Å². The molecule has 3 aromatic rings. The summed E-state index contributed by atoms with van der Waals surface area (Å²) >= 11 is 5.78. The van der Waals surface area contributed by atoms with Gasteiger partial charge in [-0.05, 0) is 48.4 Å². The molecule has 0 spiro atoms. The zero-order valence-corrected chi connectivity index (χ0v) is 21.1. The summed E-state index contributed by atoms with van der Waals surface area (Å²) in [5, 5.41) is 11.9. The van der Waals surface area contributed by atoms with Crippen molar-refractivity contribution in [2.45, 2.75) is 28.7 Å². The average molecular weight is 555 g/mol. The van der Waals surface area contributed by atoms with Crippen molar-refractivity contribution in [1.82, 2.24) is 20.0 Å². The molecule has 11 nitrogen and oxygen atoms in total. The molecule has 0 saturated carbocycles. The number of carbonyl (C=O) groups is 2. The van der Waals surface area contributed by atoms with Gasteiger partial charge < -0.3 is 15.4 Å². The number of carbonyl (C=O) groups excluding carboxylic acids is 1. The Balaban J connectivity index is 1.60. The molecule has 0 aliphatic carbocycles. The van der Waals surface area contributed by atoms with Gasteiger partial charge in [0.15, 0.2) is 9.84 Å². The Morgan fingerprint density at radius 2 is 1.78 bits per heavy atom. The number of rotatable bonds is 12. The van der Waals surface area contributed by atoms with Crippen molar-refractivity contribution < 1.29 is 31.5 Å². The van der Waals surface area contributed by atoms with E-state index in [0.29, 0.717) is 16.3 Å². The Labute approximate surface area is 212 Å². The number of nitrogens with one attached hydrogen (secondary N) is 3. The molecule has 4 N–H and O–H groups in total. The lowest BCUT2D eigenvalue weighted by atomic mass is 10.1. The van der Waals surface area contributed by atoms with Crippen molar-refractivity contribution in [1.29, 1.82) is 0 Å². The van der Waals surface area contributed by atoms with Crippen LogP contribution >= 0.6 is 11.6 Å². The van der Waals surface area contributed by atoms with E-state index >= 15 is 0 Å². The van der Waals surface area contributed by atoms with E-state index in [1.807, 2.05) is 0 Å². The number of aromatic amines is 1. The highest BCUT2D eigenvalue weighted by Gasteiger charge is 2.25. The van der Waals surface area contributed by atoms with Gasteiger partial charge in [0.05, 0.1) is 21.8 Å². The highest BCUT2D eigenvalue weighted by molar-refractivity contribution is 7.92. The summed E-state index contributed by atoms with van der Waals surface area (Å²) in [6.07, 6.45) is 2.90. The lowest BCUT2D eigenvalue weighted by Crippen LogP contribution is -2.44. The molecular weight excluding hydrogens is 532 g/mol. The van der Waals surface area contributed by atoms with Crippen LogP contribution in [0.25, 0.3) is 0 Å². The molecule has 192 valence electrons. The first kappa shape index (κ1) is 27.3. The minimum Gasteiger partial charge on any atom is -0.480 e. The lowest BCUT2D eigenvalue weighted by Gasteiger charge is -2.14. The number of amides is 1. The summed E-state index contributed by atoms with van der Waals surface area (Å²) in [6, 6.07) is 10.0. The number of carboxylic acid groups (broad SMARTS) is 1. The van der Waals surface area contributed by atoms with Gasteiger partial charge in [0, 0.05) is 24.2 Å². The fraction of sp³-hybridized carbons (Fsp3) is 0.227. The number of hydrogen-bond acceptors (Lipinski definition) is 7. The molecule has 1 aromatic heterocycles. The van der Waals surface area contributed by atoms with E-state index in [9.17, 15) is 31.5 Å². The topological polar surface area (TPSA) is 175 Å². The van der Waals surface area contributed by atoms with Gasteiger partial charge in [-0.1, -0.05) is 23.7 Å². The fourth-order valence-electron chi connectivity index (χ4n) is 3.22. The molecular formula is C22H23ClN4O7S2. The number of aliphatic carboxylic acids is 1. The van der Waals surface area contributed by atoms with E-state index in [1.54, 1.807) is 6.07 Å². The zero-order valence-electron chi connectivity index (χ0n) is 18.7. The maximum absolute atomic E-state index is 12.8. The average Bonchev–Trinajstić information content (AvgIpc) is 3.32. The van der Waals surface area contributed by atoms with Crippen molar-refractivity contribution >= 4 is 43.3 Å². The van der Waals surface area contributed by atoms with E-state index in [2.05, 4.69) is 20.0 Å². The molecule has 14 heteroatoms. The second kappa shape index (κ2) is 11.6. The minimum atomic E-state index is -4.09. The molecule has 0 fully saturated rings. The molecule has 0 aliphatic heterocycles. The minimum absolute atomic E-state index is 0.00241. The first-order chi connectivity index (χ1) is 17.0. The van der Waals surface area contributed by atoms with Gasteiger partial charge in [-0.25, -0.2) is 31.3 Å². The number of aromatic nitrogens is 2. The number of hydrogen-bond donors (Lipinski definition) is 4. The third-order valence-corrected chi connectivity index (χ3v) is 8.35. The van der Waals surface area contributed by atoms with Crippen LogP contribution in [0.2, 0.25) is 5.02 Å². The highest BCUT2D eigenvalue weighted by atomic mass is 35.5. The second-order valence-electron chi connectivity index (χ2n) is 7.73. The molecule has 1 atom stereocenters. The van der Waals surface area contributed by atoms with Crippen molar-refractivity contribution in [3.05, 3.63) is 77.3 Å². The summed E-state index contributed by atoms with van der Waals surface area (Å²) in [5.74, 6) is -3.25. The van der Waals surface area contributed by atoms with E-state index in [0.717, 1.165) is 0 Å². The number of halogens is 1. The van der Waals surface area contributed by atoms with Crippen LogP contribution < -0.4 is 10.0 Å². The van der Waals surface area contributed by atoms with E-state index in [1.165, 1.54) is 55.0 Å².